The number of nitrogens with two attached hydrogens (primary N) is 4. The second kappa shape index (κ2) is 28.4. The Bertz CT molecular complexity index is 3740. The maximum Gasteiger partial charge on any atom is 1.00 e. The van der Waals surface area contributed by atoms with Crippen LogP contribution in [0.3, 0.4) is 0 Å². The van der Waals surface area contributed by atoms with Crippen molar-refractivity contribution < 1.29 is 170 Å². The normalized spacial score (nSPS) is 12.3. The van der Waals surface area contributed by atoms with Crippen molar-refractivity contribution in [2.24, 2.45) is 61.4 Å². The Labute approximate surface area is 532 Å². The molecule has 0 spiro atoms. The van der Waals surface area contributed by atoms with Crippen molar-refractivity contribution in [2.45, 2.75) is 19.6 Å². The van der Waals surface area contributed by atoms with E-state index in [2.05, 4.69) is 61.4 Å². The molecule has 7 rings (SSSR count). The minimum atomic E-state index is -4.79. The number of hydrogen-bond donors (Lipinski definition) is 4. The van der Waals surface area contributed by atoms with Crippen LogP contribution in [0.1, 0.15) is 0 Å². The molecule has 0 radical (unpaired) electrons. The Kier molecular flexibility index (Phi) is 24.5. The average Bonchev–Trinajstić information content (AvgIpc) is 3.33. The van der Waals surface area contributed by atoms with E-state index in [1.54, 1.807) is 0 Å². The molecule has 0 bridgehead atoms. The summed E-state index contributed by atoms with van der Waals surface area (Å²) in [6.07, 6.45) is 0. The molecule has 0 unspecified atom stereocenters. The van der Waals surface area contributed by atoms with E-state index >= 15 is 0 Å². The quantitative estimate of drug-likeness (QED) is 0.0357. The van der Waals surface area contributed by atoms with Crippen molar-refractivity contribution in [2.75, 3.05) is 22.9 Å². The van der Waals surface area contributed by atoms with Crippen LogP contribution in [0, 0.1) is 0 Å². The number of benzene rings is 7. The Hall–Kier alpha value is -5.02. The summed E-state index contributed by atoms with van der Waals surface area (Å²) in [5.41, 5.74) is 24.3. The van der Waals surface area contributed by atoms with Crippen LogP contribution in [0.25, 0.3) is 0 Å². The van der Waals surface area contributed by atoms with Crippen LogP contribution >= 0.6 is 0 Å². The minimum absolute atomic E-state index is 0. The van der Waals surface area contributed by atoms with Crippen LogP contribution in [0.5, 0.6) is 0 Å². The molecule has 0 fully saturated rings. The van der Waals surface area contributed by atoms with E-state index < -0.39 is 60.1 Å². The van der Waals surface area contributed by atoms with Crippen molar-refractivity contribution in [3.05, 3.63) is 133 Å². The summed E-state index contributed by atoms with van der Waals surface area (Å²) in [6, 6.07) is 26.1. The molecule has 0 aliphatic carbocycles. The first kappa shape index (κ1) is 67.3. The van der Waals surface area contributed by atoms with Crippen molar-refractivity contribution >= 4 is 131 Å². The van der Waals surface area contributed by atoms with Crippen molar-refractivity contribution in [3.63, 3.8) is 0 Å². The molecule has 0 aromatic heterocycles. The molecule has 0 atom stereocenters. The molecule has 0 saturated heterocycles. The molecule has 0 aliphatic rings. The summed E-state index contributed by atoms with van der Waals surface area (Å²) < 4.78 is 138. The summed E-state index contributed by atoms with van der Waals surface area (Å²) in [7, 11) is -19.1. The van der Waals surface area contributed by atoms with Gasteiger partial charge < -0.3 is 41.1 Å². The molecule has 78 heavy (non-hydrogen) atoms. The van der Waals surface area contributed by atoms with Gasteiger partial charge >= 0.3 is 118 Å². The SMILES string of the molecule is Nc1cc(N)c(N=Nc2cccc(N=Nc3c(N)cc(N)c(N=Nc4ccc(S(=O)(=O)[O-])cc4)c3N=Nc3ccc(S(=O)(=O)[O-])cc3)c2)c(N=Nc2ccc(S(=O)(=O)[O-])cc2)c1N=Nc1ccc(S(=O)(=O)[O-])cc1.[Na+].[Na+].[Na+].[Na+]. The van der Waals surface area contributed by atoms with Gasteiger partial charge in [0.15, 0.2) is 0 Å². The number of anilines is 4. The second-order valence-electron chi connectivity index (χ2n) is 14.7. The topological polar surface area (TPSA) is 481 Å². The number of nitrogens with zero attached hydrogens (tertiary/aromatic N) is 12. The smallest absolute Gasteiger partial charge is 0.744 e. The van der Waals surface area contributed by atoms with Gasteiger partial charge in [0, 0.05) is 0 Å². The second-order valence-corrected chi connectivity index (χ2v) is 20.2. The van der Waals surface area contributed by atoms with E-state index in [1.807, 2.05) is 0 Å². The van der Waals surface area contributed by atoms with Crippen LogP contribution in [0.15, 0.2) is 214 Å². The fraction of sp³-hybridized carbons (Fsp3) is 0. The Morgan fingerprint density at radius 3 is 0.654 bits per heavy atom. The molecule has 0 heterocycles. The van der Waals surface area contributed by atoms with E-state index in [0.717, 1.165) is 48.5 Å². The first-order chi connectivity index (χ1) is 34.8. The largest absolute Gasteiger partial charge is 1.00 e. The van der Waals surface area contributed by atoms with Gasteiger partial charge in [-0.25, -0.2) is 33.7 Å². The van der Waals surface area contributed by atoms with Gasteiger partial charge in [-0.3, -0.25) is 0 Å². The summed E-state index contributed by atoms with van der Waals surface area (Å²) in [4.78, 5) is -2.11. The van der Waals surface area contributed by atoms with Gasteiger partial charge in [-0.1, -0.05) is 6.07 Å². The van der Waals surface area contributed by atoms with Crippen LogP contribution in [0.2, 0.25) is 0 Å². The third kappa shape index (κ3) is 18.0. The van der Waals surface area contributed by atoms with E-state index in [1.165, 1.54) is 84.9 Å². The molecule has 0 aliphatic heterocycles. The van der Waals surface area contributed by atoms with E-state index in [-0.39, 0.29) is 209 Å². The molecule has 7 aromatic carbocycles. The predicted octanol–water partition coefficient (Wildman–Crippen LogP) is -1.86. The van der Waals surface area contributed by atoms with Crippen LogP contribution < -0.4 is 141 Å². The number of rotatable bonds is 16. The maximum absolute atomic E-state index is 11.5. The standard InChI is InChI=1S/C42H34N16O12S4.4Na/c43-33-21-35(45)39(41(57-49-25-8-16-31(17-9-25)73(65,66)67)37(33)53-47-23-4-12-29(13-5-23)71(59,60)61)55-51-27-2-1-3-28(20-27)52-56-40-36(46)22-34(44)38(54-48-24-6-14-30(15-7-24)72(62,63)64)42(40)58-50-26-10-18-32(19-11-26)74(68,69)70;;;;/h1-22H,43-46H2,(H,59,60,61)(H,62,63,64)(H,65,66,67)(H,68,69,70);;;;/q;4*+1/p-4. The Balaban J connectivity index is 0.00000400. The Morgan fingerprint density at radius 2 is 0.449 bits per heavy atom. The molecule has 0 amide bonds. The summed E-state index contributed by atoms with van der Waals surface area (Å²) in [5, 5.41) is 50.2. The fourth-order valence-electron chi connectivity index (χ4n) is 5.97. The third-order valence-electron chi connectivity index (χ3n) is 9.54. The van der Waals surface area contributed by atoms with Crippen LogP contribution in [-0.2, 0) is 40.5 Å². The third-order valence-corrected chi connectivity index (χ3v) is 12.9. The molecule has 28 nitrogen and oxygen atoms in total. The zero-order chi connectivity index (χ0) is 53.6. The first-order valence-electron chi connectivity index (χ1n) is 20.1. The van der Waals surface area contributed by atoms with Gasteiger partial charge in [0.25, 0.3) is 0 Å². The first-order valence-corrected chi connectivity index (χ1v) is 25.7. The number of azo groups is 6. The zero-order valence-corrected chi connectivity index (χ0v) is 52.2. The van der Waals surface area contributed by atoms with Crippen LogP contribution in [0.4, 0.5) is 91.0 Å². The number of hydrogen-bond acceptors (Lipinski definition) is 28. The van der Waals surface area contributed by atoms with Crippen molar-refractivity contribution in [1.82, 2.24) is 0 Å². The average molecular weight is 1170 g/mol. The van der Waals surface area contributed by atoms with E-state index in [4.69, 9.17) is 22.9 Å². The number of nitrogen functional groups attached to an aromatic ring is 4. The summed E-state index contributed by atoms with van der Waals surface area (Å²) in [5.74, 6) is 0. The summed E-state index contributed by atoms with van der Waals surface area (Å²) in [6.45, 7) is 0. The molecule has 378 valence electrons. The van der Waals surface area contributed by atoms with E-state index in [9.17, 15) is 51.9 Å². The molecular formula is C42H30N16Na4O12S4. The molecular weight excluding hydrogens is 1140 g/mol. The van der Waals surface area contributed by atoms with Gasteiger partial charge in [0.05, 0.1) is 76.5 Å². The zero-order valence-electron chi connectivity index (χ0n) is 40.9. The van der Waals surface area contributed by atoms with Crippen molar-refractivity contribution in [3.8, 4) is 0 Å². The molecule has 8 N–H and O–H groups in total. The summed E-state index contributed by atoms with van der Waals surface area (Å²) >= 11 is 0. The monoisotopic (exact) mass is 1170 g/mol. The van der Waals surface area contributed by atoms with Gasteiger partial charge in [-0.05, 0) is 127 Å². The van der Waals surface area contributed by atoms with Crippen LogP contribution in [-0.4, -0.2) is 51.9 Å². The van der Waals surface area contributed by atoms with E-state index in [0.29, 0.717) is 0 Å². The van der Waals surface area contributed by atoms with Gasteiger partial charge in [-0.15, -0.1) is 30.7 Å². The Morgan fingerprint density at radius 1 is 0.256 bits per heavy atom. The van der Waals surface area contributed by atoms with Gasteiger partial charge in [0.2, 0.25) is 0 Å². The maximum atomic E-state index is 11.5. The molecule has 36 heteroatoms. The molecule has 7 aromatic rings. The van der Waals surface area contributed by atoms with Crippen molar-refractivity contribution in [1.29, 1.82) is 0 Å². The fourth-order valence-corrected chi connectivity index (χ4v) is 7.85. The van der Waals surface area contributed by atoms with Gasteiger partial charge in [-0.2, -0.15) is 30.7 Å². The van der Waals surface area contributed by atoms with Gasteiger partial charge in [0.1, 0.15) is 74.6 Å². The molecule has 0 saturated carbocycles. The minimum Gasteiger partial charge on any atom is -0.744 e. The predicted molar refractivity (Wildman–Crippen MR) is 260 cm³/mol.